The minimum Gasteiger partial charge on any atom is -0.453 e. The fourth-order valence-corrected chi connectivity index (χ4v) is 2.52. The SMILES string of the molecule is CN(C)CCNCc1ncc2oc3ccc(Br)cc3c2n1. The van der Waals surface area contributed by atoms with E-state index in [0.717, 1.165) is 45.5 Å². The molecule has 0 bridgehead atoms. The van der Waals surface area contributed by atoms with Crippen LogP contribution < -0.4 is 5.32 Å². The van der Waals surface area contributed by atoms with Gasteiger partial charge in [-0.05, 0) is 32.3 Å². The molecule has 3 aromatic rings. The molecule has 6 heteroatoms. The number of aromatic nitrogens is 2. The summed E-state index contributed by atoms with van der Waals surface area (Å²) in [6.07, 6.45) is 1.75. The number of nitrogens with one attached hydrogen (secondary N) is 1. The van der Waals surface area contributed by atoms with Crippen LogP contribution in [0.15, 0.2) is 33.3 Å². The van der Waals surface area contributed by atoms with Crippen LogP contribution in [0.4, 0.5) is 0 Å². The first-order valence-corrected chi connectivity index (χ1v) is 7.62. The molecule has 0 aliphatic carbocycles. The highest BCUT2D eigenvalue weighted by molar-refractivity contribution is 9.10. The van der Waals surface area contributed by atoms with Crippen LogP contribution in [0.5, 0.6) is 0 Å². The maximum Gasteiger partial charge on any atom is 0.172 e. The lowest BCUT2D eigenvalue weighted by Crippen LogP contribution is -2.26. The van der Waals surface area contributed by atoms with Gasteiger partial charge in [0.15, 0.2) is 5.58 Å². The van der Waals surface area contributed by atoms with E-state index >= 15 is 0 Å². The molecule has 0 saturated heterocycles. The van der Waals surface area contributed by atoms with E-state index in [9.17, 15) is 0 Å². The van der Waals surface area contributed by atoms with Crippen LogP contribution in [0.1, 0.15) is 5.82 Å². The molecule has 0 aliphatic heterocycles. The minimum absolute atomic E-state index is 0.657. The molecule has 0 radical (unpaired) electrons. The van der Waals surface area contributed by atoms with E-state index in [1.54, 1.807) is 6.20 Å². The van der Waals surface area contributed by atoms with Crippen LogP contribution in [0.3, 0.4) is 0 Å². The van der Waals surface area contributed by atoms with Gasteiger partial charge < -0.3 is 14.6 Å². The van der Waals surface area contributed by atoms with Crippen LogP contribution in [-0.4, -0.2) is 42.1 Å². The highest BCUT2D eigenvalue weighted by atomic mass is 79.9. The van der Waals surface area contributed by atoms with Gasteiger partial charge in [0.05, 0.1) is 12.7 Å². The number of hydrogen-bond donors (Lipinski definition) is 1. The third kappa shape index (κ3) is 3.23. The lowest BCUT2D eigenvalue weighted by atomic mass is 10.2. The molecule has 1 aromatic carbocycles. The Morgan fingerprint density at radius 1 is 1.29 bits per heavy atom. The summed E-state index contributed by atoms with van der Waals surface area (Å²) < 4.78 is 6.76. The average Bonchev–Trinajstić information content (AvgIpc) is 2.81. The van der Waals surface area contributed by atoms with E-state index in [-0.39, 0.29) is 0 Å². The van der Waals surface area contributed by atoms with Crippen molar-refractivity contribution in [2.24, 2.45) is 0 Å². The lowest BCUT2D eigenvalue weighted by molar-refractivity contribution is 0.399. The minimum atomic E-state index is 0.657. The zero-order chi connectivity index (χ0) is 14.8. The Labute approximate surface area is 131 Å². The van der Waals surface area contributed by atoms with Crippen molar-refractivity contribution in [2.45, 2.75) is 6.54 Å². The topological polar surface area (TPSA) is 54.2 Å². The first-order valence-electron chi connectivity index (χ1n) is 6.82. The first kappa shape index (κ1) is 14.4. The van der Waals surface area contributed by atoms with Crippen molar-refractivity contribution < 1.29 is 4.42 Å². The second-order valence-corrected chi connectivity index (χ2v) is 6.14. The van der Waals surface area contributed by atoms with Crippen molar-refractivity contribution in [1.82, 2.24) is 20.2 Å². The fraction of sp³-hybridized carbons (Fsp3) is 0.333. The fourth-order valence-electron chi connectivity index (χ4n) is 2.16. The number of rotatable bonds is 5. The highest BCUT2D eigenvalue weighted by Crippen LogP contribution is 2.29. The predicted octanol–water partition coefficient (Wildman–Crippen LogP) is 2.79. The maximum absolute atomic E-state index is 5.75. The van der Waals surface area contributed by atoms with Crippen LogP contribution in [0, 0.1) is 0 Å². The van der Waals surface area contributed by atoms with Gasteiger partial charge in [0.2, 0.25) is 0 Å². The van der Waals surface area contributed by atoms with Gasteiger partial charge in [-0.25, -0.2) is 9.97 Å². The van der Waals surface area contributed by atoms with E-state index < -0.39 is 0 Å². The Morgan fingerprint density at radius 3 is 2.95 bits per heavy atom. The normalized spacial score (nSPS) is 11.8. The molecule has 1 N–H and O–H groups in total. The molecule has 0 atom stereocenters. The molecule has 0 saturated carbocycles. The lowest BCUT2D eigenvalue weighted by Gasteiger charge is -2.09. The molecule has 2 aromatic heterocycles. The largest absolute Gasteiger partial charge is 0.453 e. The average molecular weight is 349 g/mol. The van der Waals surface area contributed by atoms with Gasteiger partial charge in [-0.15, -0.1) is 0 Å². The summed E-state index contributed by atoms with van der Waals surface area (Å²) in [5, 5.41) is 4.35. The van der Waals surface area contributed by atoms with Crippen molar-refractivity contribution >= 4 is 38.0 Å². The van der Waals surface area contributed by atoms with Crippen LogP contribution in [0.25, 0.3) is 22.1 Å². The number of benzene rings is 1. The van der Waals surface area contributed by atoms with Crippen molar-refractivity contribution in [3.63, 3.8) is 0 Å². The molecule has 3 rings (SSSR count). The Kier molecular flexibility index (Phi) is 4.19. The second kappa shape index (κ2) is 6.09. The summed E-state index contributed by atoms with van der Waals surface area (Å²) in [6.45, 7) is 2.56. The molecule has 0 amide bonds. The Bertz CT molecular complexity index is 769. The molecule has 0 aliphatic rings. The van der Waals surface area contributed by atoms with Crippen molar-refractivity contribution in [1.29, 1.82) is 0 Å². The van der Waals surface area contributed by atoms with Gasteiger partial charge >= 0.3 is 0 Å². The molecule has 21 heavy (non-hydrogen) atoms. The summed E-state index contributed by atoms with van der Waals surface area (Å²) in [7, 11) is 4.11. The highest BCUT2D eigenvalue weighted by Gasteiger charge is 2.10. The monoisotopic (exact) mass is 348 g/mol. The van der Waals surface area contributed by atoms with Gasteiger partial charge in [0.1, 0.15) is 16.9 Å². The summed E-state index contributed by atoms with van der Waals surface area (Å²) in [4.78, 5) is 11.1. The van der Waals surface area contributed by atoms with E-state index in [1.165, 1.54) is 0 Å². The van der Waals surface area contributed by atoms with Crippen LogP contribution in [0.2, 0.25) is 0 Å². The van der Waals surface area contributed by atoms with E-state index in [2.05, 4.69) is 50.2 Å². The van der Waals surface area contributed by atoms with E-state index in [1.807, 2.05) is 18.2 Å². The maximum atomic E-state index is 5.75. The smallest absolute Gasteiger partial charge is 0.172 e. The quantitative estimate of drug-likeness (QED) is 0.718. The molecule has 0 fully saturated rings. The molecule has 0 unspecified atom stereocenters. The van der Waals surface area contributed by atoms with E-state index in [0.29, 0.717) is 6.54 Å². The molecule has 110 valence electrons. The number of nitrogens with zero attached hydrogens (tertiary/aromatic N) is 3. The Balaban J connectivity index is 1.85. The number of hydrogen-bond acceptors (Lipinski definition) is 5. The van der Waals surface area contributed by atoms with Gasteiger partial charge in [-0.3, -0.25) is 0 Å². The number of halogens is 1. The predicted molar refractivity (Wildman–Crippen MR) is 87.3 cm³/mol. The third-order valence-corrected chi connectivity index (χ3v) is 3.73. The van der Waals surface area contributed by atoms with Gasteiger partial charge in [-0.2, -0.15) is 0 Å². The van der Waals surface area contributed by atoms with Crippen molar-refractivity contribution in [2.75, 3.05) is 27.2 Å². The van der Waals surface area contributed by atoms with Crippen LogP contribution in [-0.2, 0) is 6.54 Å². The molecular formula is C15H17BrN4O. The van der Waals surface area contributed by atoms with Crippen molar-refractivity contribution in [3.05, 3.63) is 34.7 Å². The van der Waals surface area contributed by atoms with Gasteiger partial charge in [-0.1, -0.05) is 15.9 Å². The summed E-state index contributed by atoms with van der Waals surface area (Å²) >= 11 is 3.48. The Morgan fingerprint density at radius 2 is 2.14 bits per heavy atom. The second-order valence-electron chi connectivity index (χ2n) is 5.22. The summed E-state index contributed by atoms with van der Waals surface area (Å²) in [5.41, 5.74) is 2.42. The zero-order valence-corrected chi connectivity index (χ0v) is 13.6. The zero-order valence-electron chi connectivity index (χ0n) is 12.1. The standard InChI is InChI=1S/C15H17BrN4O/c1-20(2)6-5-17-9-14-18-8-13-15(19-14)11-7-10(16)3-4-12(11)21-13/h3-4,7-8,17H,5-6,9H2,1-2H3. The summed E-state index contributed by atoms with van der Waals surface area (Å²) in [6, 6.07) is 5.93. The molecule has 0 spiro atoms. The molecule has 2 heterocycles. The first-order chi connectivity index (χ1) is 10.1. The molecule has 5 nitrogen and oxygen atoms in total. The Hall–Kier alpha value is -1.50. The number of fused-ring (bicyclic) bond motifs is 3. The van der Waals surface area contributed by atoms with Gasteiger partial charge in [0, 0.05) is 22.9 Å². The summed E-state index contributed by atoms with van der Waals surface area (Å²) in [5.74, 6) is 0.781. The van der Waals surface area contributed by atoms with Gasteiger partial charge in [0.25, 0.3) is 0 Å². The third-order valence-electron chi connectivity index (χ3n) is 3.24. The molecular weight excluding hydrogens is 332 g/mol. The van der Waals surface area contributed by atoms with Crippen molar-refractivity contribution in [3.8, 4) is 0 Å². The van der Waals surface area contributed by atoms with E-state index in [4.69, 9.17) is 4.42 Å². The van der Waals surface area contributed by atoms with Crippen LogP contribution >= 0.6 is 15.9 Å². The number of likely N-dealkylation sites (N-methyl/N-ethyl adjacent to an activating group) is 1. The number of furan rings is 1.